The smallest absolute Gasteiger partial charge is 0.320 e. The number of nitro benzene ring substituents is 1. The van der Waals surface area contributed by atoms with Crippen LogP contribution in [0.5, 0.6) is 0 Å². The fourth-order valence-electron chi connectivity index (χ4n) is 1.44. The highest BCUT2D eigenvalue weighted by molar-refractivity contribution is 5.92. The molecule has 1 aromatic carbocycles. The lowest BCUT2D eigenvalue weighted by molar-refractivity contribution is -0.386. The minimum Gasteiger partial charge on any atom is -0.420 e. The van der Waals surface area contributed by atoms with E-state index in [-0.39, 0.29) is 11.3 Å². The molecule has 0 saturated carbocycles. The molecule has 0 N–H and O–H groups in total. The fraction of sp³-hybridized carbons (Fsp3) is 0.200. The predicted octanol–water partition coefficient (Wildman–Crippen LogP) is 1.08. The second-order valence-electron chi connectivity index (χ2n) is 3.30. The summed E-state index contributed by atoms with van der Waals surface area (Å²) in [5.74, 6) is -1.52. The minimum atomic E-state index is -1.34. The third-order valence-corrected chi connectivity index (χ3v) is 2.15. The first-order chi connectivity index (χ1) is 8.08. The molecule has 1 heterocycles. The Hall–Kier alpha value is -2.44. The van der Waals surface area contributed by atoms with Gasteiger partial charge < -0.3 is 9.47 Å². The zero-order chi connectivity index (χ0) is 12.4. The summed E-state index contributed by atoms with van der Waals surface area (Å²) in [6.07, 6.45) is -1.82. The summed E-state index contributed by atoms with van der Waals surface area (Å²) >= 11 is 0. The molecule has 88 valence electrons. The van der Waals surface area contributed by atoms with Crippen molar-refractivity contribution in [2.75, 3.05) is 0 Å². The van der Waals surface area contributed by atoms with Gasteiger partial charge in [-0.2, -0.15) is 0 Å². The van der Waals surface area contributed by atoms with E-state index >= 15 is 0 Å². The van der Waals surface area contributed by atoms with Gasteiger partial charge in [0.1, 0.15) is 12.0 Å². The molecule has 1 fully saturated rings. The van der Waals surface area contributed by atoms with Crippen LogP contribution in [0.1, 0.15) is 18.3 Å². The van der Waals surface area contributed by atoms with Gasteiger partial charge in [0.15, 0.2) is 0 Å². The summed E-state index contributed by atoms with van der Waals surface area (Å²) < 4.78 is 9.49. The molecule has 0 aliphatic carbocycles. The monoisotopic (exact) mass is 237 g/mol. The lowest BCUT2D eigenvalue weighted by atomic mass is 10.1. The molecule has 1 saturated heterocycles. The van der Waals surface area contributed by atoms with Crippen LogP contribution in [0.15, 0.2) is 24.3 Å². The number of nitro groups is 1. The normalized spacial score (nSPS) is 16.2. The van der Waals surface area contributed by atoms with Crippen molar-refractivity contribution in [3.8, 4) is 0 Å². The van der Waals surface area contributed by atoms with E-state index in [1.54, 1.807) is 0 Å². The third kappa shape index (κ3) is 2.22. The molecule has 1 aromatic rings. The van der Waals surface area contributed by atoms with Crippen molar-refractivity contribution in [3.63, 3.8) is 0 Å². The Kier molecular flexibility index (Phi) is 2.73. The SMILES string of the molecule is O=C1CC(=O)OC(c2ccccc2[N+](=O)[O-])O1. The van der Waals surface area contributed by atoms with Crippen molar-refractivity contribution in [3.05, 3.63) is 39.9 Å². The molecule has 7 nitrogen and oxygen atoms in total. The molecule has 7 heteroatoms. The Labute approximate surface area is 95.1 Å². The molecule has 0 bridgehead atoms. The molecule has 1 aliphatic heterocycles. The number of carbonyl (C=O) groups is 2. The van der Waals surface area contributed by atoms with Gasteiger partial charge in [0.25, 0.3) is 12.0 Å². The molecular formula is C10H7NO6. The van der Waals surface area contributed by atoms with Gasteiger partial charge in [0.05, 0.1) is 4.92 Å². The van der Waals surface area contributed by atoms with Crippen LogP contribution in [0.4, 0.5) is 5.69 Å². The van der Waals surface area contributed by atoms with E-state index < -0.39 is 29.6 Å². The molecule has 0 radical (unpaired) electrons. The topological polar surface area (TPSA) is 95.7 Å². The lowest BCUT2D eigenvalue weighted by Crippen LogP contribution is -2.27. The molecule has 0 atom stereocenters. The second kappa shape index (κ2) is 4.20. The van der Waals surface area contributed by atoms with E-state index in [1.165, 1.54) is 24.3 Å². The largest absolute Gasteiger partial charge is 0.420 e. The third-order valence-electron chi connectivity index (χ3n) is 2.15. The highest BCUT2D eigenvalue weighted by Crippen LogP contribution is 2.30. The molecule has 1 aliphatic rings. The molecule has 0 amide bonds. The van der Waals surface area contributed by atoms with E-state index in [2.05, 4.69) is 0 Å². The summed E-state index contributed by atoms with van der Waals surface area (Å²) in [6, 6.07) is 5.60. The summed E-state index contributed by atoms with van der Waals surface area (Å²) in [7, 11) is 0. The number of cyclic esters (lactones) is 2. The Morgan fingerprint density at radius 2 is 1.76 bits per heavy atom. The Balaban J connectivity index is 2.36. The van der Waals surface area contributed by atoms with Gasteiger partial charge in [-0.25, -0.2) is 0 Å². The average Bonchev–Trinajstić information content (AvgIpc) is 2.27. The molecule has 17 heavy (non-hydrogen) atoms. The highest BCUT2D eigenvalue weighted by atomic mass is 16.7. The van der Waals surface area contributed by atoms with Crippen LogP contribution >= 0.6 is 0 Å². The first-order valence-corrected chi connectivity index (χ1v) is 4.70. The number of nitrogens with zero attached hydrogens (tertiary/aromatic N) is 1. The van der Waals surface area contributed by atoms with Gasteiger partial charge in [0, 0.05) is 6.07 Å². The maximum atomic E-state index is 11.0. The minimum absolute atomic E-state index is 0.0406. The summed E-state index contributed by atoms with van der Waals surface area (Å²) in [5, 5.41) is 10.8. The van der Waals surface area contributed by atoms with Crippen molar-refractivity contribution < 1.29 is 24.0 Å². The first-order valence-electron chi connectivity index (χ1n) is 4.70. The zero-order valence-electron chi connectivity index (χ0n) is 8.49. The van der Waals surface area contributed by atoms with Crippen LogP contribution in [-0.4, -0.2) is 16.9 Å². The van der Waals surface area contributed by atoms with Crippen LogP contribution in [0.25, 0.3) is 0 Å². The van der Waals surface area contributed by atoms with Crippen molar-refractivity contribution in [1.29, 1.82) is 0 Å². The van der Waals surface area contributed by atoms with E-state index in [0.717, 1.165) is 0 Å². The second-order valence-corrected chi connectivity index (χ2v) is 3.30. The predicted molar refractivity (Wildman–Crippen MR) is 52.6 cm³/mol. The molecule has 0 spiro atoms. The number of para-hydroxylation sites is 1. The zero-order valence-corrected chi connectivity index (χ0v) is 8.49. The number of rotatable bonds is 2. The summed E-state index contributed by atoms with van der Waals surface area (Å²) in [5.41, 5.74) is -0.223. The fourth-order valence-corrected chi connectivity index (χ4v) is 1.44. The van der Waals surface area contributed by atoms with E-state index in [0.29, 0.717) is 0 Å². The molecular weight excluding hydrogens is 230 g/mol. The van der Waals surface area contributed by atoms with Crippen molar-refractivity contribution in [1.82, 2.24) is 0 Å². The Morgan fingerprint density at radius 1 is 1.18 bits per heavy atom. The van der Waals surface area contributed by atoms with Crippen LogP contribution < -0.4 is 0 Å². The van der Waals surface area contributed by atoms with E-state index in [1.807, 2.05) is 0 Å². The standard InChI is InChI=1S/C10H7NO6/c12-8-5-9(13)17-10(16-8)6-3-1-2-4-7(6)11(14)15/h1-4,10H,5H2. The van der Waals surface area contributed by atoms with Crippen molar-refractivity contribution in [2.24, 2.45) is 0 Å². The summed E-state index contributed by atoms with van der Waals surface area (Å²) in [4.78, 5) is 32.2. The average molecular weight is 237 g/mol. The molecule has 2 rings (SSSR count). The van der Waals surface area contributed by atoms with Gasteiger partial charge in [-0.3, -0.25) is 19.7 Å². The van der Waals surface area contributed by atoms with Gasteiger partial charge >= 0.3 is 11.9 Å². The number of carbonyl (C=O) groups excluding carboxylic acids is 2. The number of ether oxygens (including phenoxy) is 2. The maximum absolute atomic E-state index is 11.0. The molecule has 0 aromatic heterocycles. The maximum Gasteiger partial charge on any atom is 0.320 e. The van der Waals surface area contributed by atoms with Crippen LogP contribution in [-0.2, 0) is 19.1 Å². The van der Waals surface area contributed by atoms with Crippen LogP contribution in [0, 0.1) is 10.1 Å². The van der Waals surface area contributed by atoms with Crippen LogP contribution in [0.2, 0.25) is 0 Å². The number of benzene rings is 1. The molecule has 0 unspecified atom stereocenters. The van der Waals surface area contributed by atoms with Crippen molar-refractivity contribution in [2.45, 2.75) is 12.7 Å². The van der Waals surface area contributed by atoms with Gasteiger partial charge in [-0.15, -0.1) is 0 Å². The number of hydrogen-bond acceptors (Lipinski definition) is 6. The van der Waals surface area contributed by atoms with Gasteiger partial charge in [-0.1, -0.05) is 12.1 Å². The Morgan fingerprint density at radius 3 is 2.35 bits per heavy atom. The van der Waals surface area contributed by atoms with Crippen LogP contribution in [0.3, 0.4) is 0 Å². The van der Waals surface area contributed by atoms with E-state index in [4.69, 9.17) is 9.47 Å². The highest BCUT2D eigenvalue weighted by Gasteiger charge is 2.33. The van der Waals surface area contributed by atoms with E-state index in [9.17, 15) is 19.7 Å². The Bertz CT molecular complexity index is 481. The van der Waals surface area contributed by atoms with Crippen molar-refractivity contribution >= 4 is 17.6 Å². The summed E-state index contributed by atoms with van der Waals surface area (Å²) in [6.45, 7) is 0. The van der Waals surface area contributed by atoms with Gasteiger partial charge in [0.2, 0.25) is 0 Å². The van der Waals surface area contributed by atoms with Gasteiger partial charge in [-0.05, 0) is 6.07 Å². The number of hydrogen-bond donors (Lipinski definition) is 0. The number of esters is 2. The quantitative estimate of drug-likeness (QED) is 0.330. The first kappa shape index (κ1) is 11.1. The lowest BCUT2D eigenvalue weighted by Gasteiger charge is -2.22.